The van der Waals surface area contributed by atoms with Crippen LogP contribution in [0.5, 0.6) is 0 Å². The molecule has 0 radical (unpaired) electrons. The van der Waals surface area contributed by atoms with Crippen molar-refractivity contribution in [2.24, 2.45) is 0 Å². The topological polar surface area (TPSA) is 75.6 Å². The molecule has 1 atom stereocenters. The van der Waals surface area contributed by atoms with Gasteiger partial charge in [0.2, 0.25) is 0 Å². The van der Waals surface area contributed by atoms with Gasteiger partial charge >= 0.3 is 12.1 Å². The summed E-state index contributed by atoms with van der Waals surface area (Å²) in [6.45, 7) is 0.174. The second-order valence-electron chi connectivity index (χ2n) is 5.52. The molecule has 1 aliphatic carbocycles. The highest BCUT2D eigenvalue weighted by atomic mass is 127. The number of carboxylic acids is 1. The minimum Gasteiger partial charge on any atom is -0.480 e. The van der Waals surface area contributed by atoms with Gasteiger partial charge in [0.25, 0.3) is 0 Å². The van der Waals surface area contributed by atoms with E-state index in [9.17, 15) is 9.59 Å². The molecule has 1 aliphatic rings. The lowest BCUT2D eigenvalue weighted by Crippen LogP contribution is -2.42. The average molecular weight is 437 g/mol. The van der Waals surface area contributed by atoms with E-state index in [0.717, 1.165) is 22.3 Å². The van der Waals surface area contributed by atoms with Gasteiger partial charge < -0.3 is 15.2 Å². The first-order chi connectivity index (χ1) is 11.6. The van der Waals surface area contributed by atoms with E-state index >= 15 is 0 Å². The molecule has 3 rings (SSSR count). The molecule has 0 saturated heterocycles. The highest BCUT2D eigenvalue weighted by Crippen LogP contribution is 2.44. The lowest BCUT2D eigenvalue weighted by molar-refractivity contribution is -0.138. The number of hydrogen-bond donors (Lipinski definition) is 2. The van der Waals surface area contributed by atoms with Crippen molar-refractivity contribution in [3.8, 4) is 11.1 Å². The number of carboxylic acid groups (broad SMARTS) is 1. The van der Waals surface area contributed by atoms with Gasteiger partial charge in [0.15, 0.2) is 0 Å². The number of ether oxygens (including phenoxy) is 1. The zero-order valence-corrected chi connectivity index (χ0v) is 14.9. The molecule has 5 nitrogen and oxygen atoms in total. The highest BCUT2D eigenvalue weighted by Gasteiger charge is 2.29. The molecule has 24 heavy (non-hydrogen) atoms. The number of amides is 1. The lowest BCUT2D eigenvalue weighted by Gasteiger charge is -2.16. The van der Waals surface area contributed by atoms with Gasteiger partial charge in [0, 0.05) is 10.3 Å². The van der Waals surface area contributed by atoms with Crippen molar-refractivity contribution in [3.63, 3.8) is 0 Å². The molecule has 0 heterocycles. The van der Waals surface area contributed by atoms with Crippen molar-refractivity contribution in [2.45, 2.75) is 12.0 Å². The van der Waals surface area contributed by atoms with E-state index in [4.69, 9.17) is 9.84 Å². The lowest BCUT2D eigenvalue weighted by atomic mass is 9.98. The van der Waals surface area contributed by atoms with Crippen molar-refractivity contribution in [3.05, 3.63) is 59.7 Å². The first-order valence-electron chi connectivity index (χ1n) is 7.52. The molecule has 1 amide bonds. The van der Waals surface area contributed by atoms with Crippen LogP contribution in [0.3, 0.4) is 0 Å². The minimum atomic E-state index is -1.07. The van der Waals surface area contributed by atoms with E-state index in [0.29, 0.717) is 0 Å². The van der Waals surface area contributed by atoms with Gasteiger partial charge in [-0.3, -0.25) is 0 Å². The van der Waals surface area contributed by atoms with Gasteiger partial charge in [-0.15, -0.1) is 0 Å². The molecule has 124 valence electrons. The molecule has 2 aromatic carbocycles. The Balaban J connectivity index is 1.74. The predicted octanol–water partition coefficient (Wildman–Crippen LogP) is 3.41. The van der Waals surface area contributed by atoms with E-state index in [-0.39, 0.29) is 17.0 Å². The molecule has 2 N–H and O–H groups in total. The van der Waals surface area contributed by atoms with E-state index in [1.807, 2.05) is 59.0 Å². The van der Waals surface area contributed by atoms with Gasteiger partial charge in [0.05, 0.1) is 0 Å². The molecule has 0 aliphatic heterocycles. The molecule has 0 unspecified atom stereocenters. The predicted molar refractivity (Wildman–Crippen MR) is 98.5 cm³/mol. The molecule has 0 bridgehead atoms. The van der Waals surface area contributed by atoms with Gasteiger partial charge in [-0.05, 0) is 22.3 Å². The minimum absolute atomic E-state index is 0.0361. The highest BCUT2D eigenvalue weighted by molar-refractivity contribution is 14.1. The van der Waals surface area contributed by atoms with E-state index in [1.165, 1.54) is 0 Å². The van der Waals surface area contributed by atoms with Crippen molar-refractivity contribution >= 4 is 34.7 Å². The number of alkyl carbamates (subject to hydrolysis) is 1. The summed E-state index contributed by atoms with van der Waals surface area (Å²) < 4.78 is 5.58. The van der Waals surface area contributed by atoms with Crippen molar-refractivity contribution in [1.82, 2.24) is 5.32 Å². The van der Waals surface area contributed by atoms with Crippen LogP contribution in [-0.2, 0) is 9.53 Å². The Morgan fingerprint density at radius 2 is 1.62 bits per heavy atom. The number of halogens is 1. The fourth-order valence-electron chi connectivity index (χ4n) is 2.95. The maximum Gasteiger partial charge on any atom is 0.407 e. The van der Waals surface area contributed by atoms with Crippen LogP contribution in [0.25, 0.3) is 11.1 Å². The number of carbonyl (C=O) groups excluding carboxylic acids is 1. The average Bonchev–Trinajstić information content (AvgIpc) is 2.91. The zero-order chi connectivity index (χ0) is 17.1. The van der Waals surface area contributed by atoms with Gasteiger partial charge in [-0.1, -0.05) is 71.1 Å². The Labute approximate surface area is 153 Å². The Morgan fingerprint density at radius 1 is 1.08 bits per heavy atom. The fraction of sp³-hybridized carbons (Fsp3) is 0.222. The molecule has 0 spiro atoms. The van der Waals surface area contributed by atoms with E-state index in [2.05, 4.69) is 17.4 Å². The Morgan fingerprint density at radius 3 is 2.12 bits per heavy atom. The van der Waals surface area contributed by atoms with Crippen LogP contribution in [0.1, 0.15) is 17.0 Å². The van der Waals surface area contributed by atoms with E-state index < -0.39 is 18.1 Å². The Bertz CT molecular complexity index is 732. The standard InChI is InChI=1S/C18H16INO4/c19-9-16(17(21)22)20-18(23)24-10-15-13-7-3-1-5-11(13)12-6-2-4-8-14(12)15/h1-8,15-16H,9-10H2,(H,20,23)(H,21,22)/t16-/m1/s1. The van der Waals surface area contributed by atoms with Gasteiger partial charge in [-0.25, -0.2) is 9.59 Å². The summed E-state index contributed by atoms with van der Waals surface area (Å²) in [5.41, 5.74) is 4.54. The fourth-order valence-corrected chi connectivity index (χ4v) is 3.55. The summed E-state index contributed by atoms with van der Waals surface area (Å²) in [4.78, 5) is 22.9. The van der Waals surface area contributed by atoms with Crippen molar-refractivity contribution in [1.29, 1.82) is 0 Å². The normalized spacial score (nSPS) is 13.7. The molecule has 0 fully saturated rings. The molecular weight excluding hydrogens is 421 g/mol. The van der Waals surface area contributed by atoms with Crippen LogP contribution in [0, 0.1) is 0 Å². The number of alkyl halides is 1. The molecule has 6 heteroatoms. The first-order valence-corrected chi connectivity index (χ1v) is 9.04. The zero-order valence-electron chi connectivity index (χ0n) is 12.7. The number of fused-ring (bicyclic) bond motifs is 3. The molecular formula is C18H16INO4. The SMILES string of the molecule is O=C(N[C@H](CI)C(=O)O)OCC1c2ccccc2-c2ccccc21. The van der Waals surface area contributed by atoms with Gasteiger partial charge in [0.1, 0.15) is 12.6 Å². The smallest absolute Gasteiger partial charge is 0.407 e. The van der Waals surface area contributed by atoms with Crippen LogP contribution < -0.4 is 5.32 Å². The number of carbonyl (C=O) groups is 2. The summed E-state index contributed by atoms with van der Waals surface area (Å²) in [5.74, 6) is -1.11. The number of aliphatic carboxylic acids is 1. The number of nitrogens with one attached hydrogen (secondary N) is 1. The molecule has 0 saturated carbocycles. The third-order valence-electron chi connectivity index (χ3n) is 4.09. The quantitative estimate of drug-likeness (QED) is 0.556. The summed E-state index contributed by atoms with van der Waals surface area (Å²) in [7, 11) is 0. The third kappa shape index (κ3) is 3.24. The van der Waals surface area contributed by atoms with Crippen LogP contribution in [0.4, 0.5) is 4.79 Å². The van der Waals surface area contributed by atoms with Crippen molar-refractivity contribution in [2.75, 3.05) is 11.0 Å². The largest absolute Gasteiger partial charge is 0.480 e. The summed E-state index contributed by atoms with van der Waals surface area (Å²) in [6.07, 6.45) is -0.707. The van der Waals surface area contributed by atoms with E-state index in [1.54, 1.807) is 0 Å². The number of rotatable bonds is 5. The Hall–Kier alpha value is -2.09. The first kappa shape index (κ1) is 16.8. The molecule has 0 aromatic heterocycles. The van der Waals surface area contributed by atoms with Crippen LogP contribution in [-0.4, -0.2) is 34.2 Å². The summed E-state index contributed by atoms with van der Waals surface area (Å²) in [5, 5.41) is 11.4. The number of benzene rings is 2. The second kappa shape index (κ2) is 7.21. The number of hydrogen-bond acceptors (Lipinski definition) is 3. The monoisotopic (exact) mass is 437 g/mol. The second-order valence-corrected chi connectivity index (χ2v) is 6.40. The van der Waals surface area contributed by atoms with Crippen LogP contribution in [0.2, 0.25) is 0 Å². The van der Waals surface area contributed by atoms with Crippen molar-refractivity contribution < 1.29 is 19.4 Å². The summed E-state index contributed by atoms with van der Waals surface area (Å²) >= 11 is 1.91. The van der Waals surface area contributed by atoms with Gasteiger partial charge in [-0.2, -0.15) is 0 Å². The summed E-state index contributed by atoms with van der Waals surface area (Å²) in [6, 6.07) is 15.2. The Kier molecular flexibility index (Phi) is 5.03. The third-order valence-corrected chi connectivity index (χ3v) is 4.97. The maximum atomic E-state index is 11.9. The maximum absolute atomic E-state index is 11.9. The molecule has 2 aromatic rings. The van der Waals surface area contributed by atoms with Crippen LogP contribution >= 0.6 is 22.6 Å². The van der Waals surface area contributed by atoms with Crippen LogP contribution in [0.15, 0.2) is 48.5 Å².